The van der Waals surface area contributed by atoms with Crippen molar-refractivity contribution in [1.82, 2.24) is 4.68 Å². The highest BCUT2D eigenvalue weighted by atomic mass is 16.1. The predicted molar refractivity (Wildman–Crippen MR) is 49.7 cm³/mol. The molecule has 0 radical (unpaired) electrons. The number of hydrogen-bond donors (Lipinski definition) is 1. The first-order chi connectivity index (χ1) is 6.20. The summed E-state index contributed by atoms with van der Waals surface area (Å²) in [6.07, 6.45) is 0. The molecule has 0 saturated carbocycles. The maximum atomic E-state index is 11.6. The van der Waals surface area contributed by atoms with Crippen molar-refractivity contribution in [1.29, 1.82) is 0 Å². The second-order valence-corrected chi connectivity index (χ2v) is 2.93. The Balaban J connectivity index is 3.03. The van der Waals surface area contributed by atoms with E-state index in [1.165, 1.54) is 0 Å². The monoisotopic (exact) mass is 176 g/mol. The van der Waals surface area contributed by atoms with Crippen molar-refractivity contribution in [3.8, 4) is 0 Å². The van der Waals surface area contributed by atoms with E-state index in [2.05, 4.69) is 4.98 Å². The van der Waals surface area contributed by atoms with Gasteiger partial charge in [0.05, 0.1) is 0 Å². The van der Waals surface area contributed by atoms with Crippen LogP contribution in [0.15, 0.2) is 29.1 Å². The zero-order valence-electron chi connectivity index (χ0n) is 7.24. The van der Waals surface area contributed by atoms with Gasteiger partial charge in [-0.3, -0.25) is 5.84 Å². The Kier molecular flexibility index (Phi) is 1.55. The fourth-order valence-corrected chi connectivity index (χ4v) is 1.32. The van der Waals surface area contributed by atoms with Crippen LogP contribution in [-0.2, 0) is 0 Å². The third-order valence-corrected chi connectivity index (χ3v) is 2.05. The van der Waals surface area contributed by atoms with E-state index in [-0.39, 0.29) is 5.56 Å². The van der Waals surface area contributed by atoms with E-state index in [0.717, 1.165) is 10.2 Å². The lowest BCUT2D eigenvalue weighted by molar-refractivity contribution is -0.363. The number of fused-ring (bicyclic) bond motifs is 1. The molecule has 0 fully saturated rings. The van der Waals surface area contributed by atoms with E-state index in [1.807, 2.05) is 18.2 Å². The van der Waals surface area contributed by atoms with Gasteiger partial charge >= 0.3 is 5.56 Å². The summed E-state index contributed by atoms with van der Waals surface area (Å²) in [5.74, 6) is 6.16. The van der Waals surface area contributed by atoms with Crippen LogP contribution in [0.5, 0.6) is 0 Å². The second-order valence-electron chi connectivity index (χ2n) is 2.93. The summed E-state index contributed by atoms with van der Waals surface area (Å²) in [4.78, 5) is 14.6. The van der Waals surface area contributed by atoms with Crippen molar-refractivity contribution in [2.45, 2.75) is 6.92 Å². The van der Waals surface area contributed by atoms with Crippen molar-refractivity contribution in [3.05, 3.63) is 40.4 Å². The van der Waals surface area contributed by atoms with Crippen LogP contribution in [0.1, 0.15) is 5.82 Å². The fraction of sp³-hybridized carbons (Fsp3) is 0.111. The van der Waals surface area contributed by atoms with Crippen molar-refractivity contribution < 1.29 is 4.98 Å². The summed E-state index contributed by atoms with van der Waals surface area (Å²) in [5.41, 5.74) is 0.638. The van der Waals surface area contributed by atoms with E-state index in [4.69, 9.17) is 5.84 Å². The number of aryl methyl sites for hydroxylation is 1. The van der Waals surface area contributed by atoms with Crippen LogP contribution in [0.4, 0.5) is 0 Å². The molecule has 0 aliphatic heterocycles. The lowest BCUT2D eigenvalue weighted by Crippen LogP contribution is -2.35. The van der Waals surface area contributed by atoms with E-state index < -0.39 is 0 Å². The average Bonchev–Trinajstić information content (AvgIpc) is 2.15. The first-order valence-corrected chi connectivity index (χ1v) is 3.99. The Morgan fingerprint density at radius 2 is 2.08 bits per heavy atom. The minimum Gasteiger partial charge on any atom is -0.266 e. The molecule has 0 atom stereocenters. The van der Waals surface area contributed by atoms with Gasteiger partial charge in [-0.2, -0.15) is 0 Å². The summed E-state index contributed by atoms with van der Waals surface area (Å²) < 4.78 is 1.11. The highest BCUT2D eigenvalue weighted by Crippen LogP contribution is 2.01. The molecule has 1 aromatic carbocycles. The normalized spacial score (nSPS) is 10.5. The van der Waals surface area contributed by atoms with Gasteiger partial charge in [0.25, 0.3) is 5.82 Å². The van der Waals surface area contributed by atoms with Crippen LogP contribution in [0.2, 0.25) is 0 Å². The molecule has 2 rings (SSSR count). The van der Waals surface area contributed by atoms with Crippen molar-refractivity contribution >= 4 is 10.9 Å². The zero-order chi connectivity index (χ0) is 9.42. The van der Waals surface area contributed by atoms with Gasteiger partial charge in [-0.1, -0.05) is 16.8 Å². The smallest absolute Gasteiger partial charge is 0.266 e. The second kappa shape index (κ2) is 2.58. The van der Waals surface area contributed by atoms with Crippen molar-refractivity contribution in [2.24, 2.45) is 0 Å². The maximum Gasteiger partial charge on any atom is 0.368 e. The first-order valence-electron chi connectivity index (χ1n) is 3.99. The van der Waals surface area contributed by atoms with Crippen LogP contribution in [0, 0.1) is 6.92 Å². The lowest BCUT2D eigenvalue weighted by atomic mass is 10.2. The predicted octanol–water partition coefficient (Wildman–Crippen LogP) is -0.162. The number of nitrogen functional groups attached to an aromatic ring is 1. The average molecular weight is 176 g/mol. The van der Waals surface area contributed by atoms with Crippen LogP contribution >= 0.6 is 0 Å². The molecule has 0 amide bonds. The van der Waals surface area contributed by atoms with Crippen LogP contribution in [0.25, 0.3) is 10.9 Å². The molecule has 4 heteroatoms. The Morgan fingerprint density at radius 1 is 1.38 bits per heavy atom. The molecule has 0 unspecified atom stereocenters. The van der Waals surface area contributed by atoms with Crippen LogP contribution < -0.4 is 16.4 Å². The molecular weight excluding hydrogens is 166 g/mol. The summed E-state index contributed by atoms with van der Waals surface area (Å²) in [6, 6.07) is 7.28. The number of para-hydroxylation sites is 1. The number of benzene rings is 1. The molecule has 13 heavy (non-hydrogen) atoms. The number of H-pyrrole nitrogens is 1. The number of aromatic nitrogens is 2. The molecular formula is C9H10N3O+. The SMILES string of the molecule is Cc1[nH+]c2ccccc2c(=O)n1N. The molecule has 1 aromatic heterocycles. The number of rotatable bonds is 0. The zero-order valence-corrected chi connectivity index (χ0v) is 7.24. The lowest BCUT2D eigenvalue weighted by Gasteiger charge is -1.96. The number of nitrogens with zero attached hydrogens (tertiary/aromatic N) is 1. The minimum absolute atomic E-state index is 0.174. The van der Waals surface area contributed by atoms with Crippen molar-refractivity contribution in [3.63, 3.8) is 0 Å². The molecule has 3 N–H and O–H groups in total. The highest BCUT2D eigenvalue weighted by molar-refractivity contribution is 5.73. The minimum atomic E-state index is -0.174. The maximum absolute atomic E-state index is 11.6. The summed E-state index contributed by atoms with van der Waals surface area (Å²) in [5, 5.41) is 0.607. The first kappa shape index (κ1) is 7.79. The Bertz CT molecular complexity index is 516. The van der Waals surface area contributed by atoms with Gasteiger partial charge < -0.3 is 0 Å². The molecule has 1 heterocycles. The summed E-state index contributed by atoms with van der Waals surface area (Å²) >= 11 is 0. The van der Waals surface area contributed by atoms with Gasteiger partial charge in [-0.15, -0.1) is 0 Å². The molecule has 0 aliphatic rings. The van der Waals surface area contributed by atoms with Gasteiger partial charge in [0.1, 0.15) is 10.9 Å². The number of hydrogen-bond acceptors (Lipinski definition) is 2. The van der Waals surface area contributed by atoms with Crippen molar-refractivity contribution in [2.75, 3.05) is 5.84 Å². The van der Waals surface area contributed by atoms with E-state index in [0.29, 0.717) is 11.2 Å². The molecule has 66 valence electrons. The van der Waals surface area contributed by atoms with Gasteiger partial charge in [0.2, 0.25) is 0 Å². The summed E-state index contributed by atoms with van der Waals surface area (Å²) in [7, 11) is 0. The van der Waals surface area contributed by atoms with Crippen LogP contribution in [-0.4, -0.2) is 4.68 Å². The molecule has 4 nitrogen and oxygen atoms in total. The Morgan fingerprint density at radius 3 is 2.85 bits per heavy atom. The molecule has 2 aromatic rings. The van der Waals surface area contributed by atoms with Gasteiger partial charge in [0, 0.05) is 6.92 Å². The van der Waals surface area contributed by atoms with E-state index in [1.54, 1.807) is 13.0 Å². The number of nitrogens with one attached hydrogen (secondary N) is 1. The van der Waals surface area contributed by atoms with Gasteiger partial charge in [-0.05, 0) is 12.1 Å². The quantitative estimate of drug-likeness (QED) is 0.567. The van der Waals surface area contributed by atoms with E-state index in [9.17, 15) is 4.79 Å². The molecule has 0 saturated heterocycles. The molecule has 0 bridgehead atoms. The standard InChI is InChI=1S/C9H9N3O/c1-6-11-8-5-3-2-4-7(8)9(13)12(6)10/h2-5H,10H2,1H3/p+1. The molecule has 0 spiro atoms. The van der Waals surface area contributed by atoms with Crippen LogP contribution in [0.3, 0.4) is 0 Å². The topological polar surface area (TPSA) is 62.2 Å². The highest BCUT2D eigenvalue weighted by Gasteiger charge is 2.10. The fourth-order valence-electron chi connectivity index (χ4n) is 1.32. The largest absolute Gasteiger partial charge is 0.368 e. The Hall–Kier alpha value is -1.84. The summed E-state index contributed by atoms with van der Waals surface area (Å²) in [6.45, 7) is 1.76. The number of nitrogens with two attached hydrogens (primary N) is 1. The Labute approximate surface area is 74.6 Å². The van der Waals surface area contributed by atoms with E-state index >= 15 is 0 Å². The third-order valence-electron chi connectivity index (χ3n) is 2.05. The third kappa shape index (κ3) is 1.07. The molecule has 0 aliphatic carbocycles. The number of aromatic amines is 1. The van der Waals surface area contributed by atoms with Gasteiger partial charge in [0.15, 0.2) is 0 Å². The van der Waals surface area contributed by atoms with Gasteiger partial charge in [-0.25, -0.2) is 9.78 Å².